The maximum absolute atomic E-state index is 4.82. The van der Waals surface area contributed by atoms with Crippen LogP contribution in [0.3, 0.4) is 0 Å². The Bertz CT molecular complexity index is 454. The van der Waals surface area contributed by atoms with E-state index in [-0.39, 0.29) is 0 Å². The van der Waals surface area contributed by atoms with Gasteiger partial charge in [-0.25, -0.2) is 0 Å². The summed E-state index contributed by atoms with van der Waals surface area (Å²) in [6.07, 6.45) is 2.72. The number of aliphatic imine (C=N–C) groups is 1. The first-order valence-electron chi connectivity index (χ1n) is 7.56. The first-order chi connectivity index (χ1) is 9.81. The van der Waals surface area contributed by atoms with Gasteiger partial charge in [-0.1, -0.05) is 42.1 Å². The van der Waals surface area contributed by atoms with Crippen LogP contribution in [0.2, 0.25) is 0 Å². The van der Waals surface area contributed by atoms with Crippen LogP contribution in [0.5, 0.6) is 0 Å². The maximum atomic E-state index is 4.82. The number of likely N-dealkylation sites (tertiary alicyclic amines) is 1. The summed E-state index contributed by atoms with van der Waals surface area (Å²) >= 11 is 1.85. The van der Waals surface area contributed by atoms with Crippen LogP contribution >= 0.6 is 11.8 Å². The lowest BCUT2D eigenvalue weighted by molar-refractivity contribution is 0.312. The van der Waals surface area contributed by atoms with Crippen molar-refractivity contribution in [2.24, 2.45) is 4.99 Å². The fraction of sp³-hybridized carbons (Fsp3) is 0.562. The first kappa shape index (κ1) is 14.0. The molecule has 0 radical (unpaired) electrons. The number of amidine groups is 1. The van der Waals surface area contributed by atoms with Crippen LogP contribution in [-0.2, 0) is 0 Å². The number of benzene rings is 1. The van der Waals surface area contributed by atoms with Crippen molar-refractivity contribution in [2.45, 2.75) is 31.8 Å². The highest BCUT2D eigenvalue weighted by molar-refractivity contribution is 8.14. The molecule has 1 saturated heterocycles. The Labute approximate surface area is 125 Å². The van der Waals surface area contributed by atoms with Crippen LogP contribution in [0.15, 0.2) is 35.3 Å². The van der Waals surface area contributed by atoms with Crippen molar-refractivity contribution in [2.75, 3.05) is 25.4 Å². The average molecular weight is 289 g/mol. The molecule has 0 bridgehead atoms. The van der Waals surface area contributed by atoms with E-state index >= 15 is 0 Å². The molecule has 1 fully saturated rings. The minimum Gasteiger partial charge on any atom is -0.361 e. The lowest BCUT2D eigenvalue weighted by atomic mass is 10.1. The molecule has 2 heterocycles. The third-order valence-electron chi connectivity index (χ3n) is 3.94. The zero-order valence-electron chi connectivity index (χ0n) is 12.1. The minimum absolute atomic E-state index is 0.322. The van der Waals surface area contributed by atoms with Gasteiger partial charge in [0.1, 0.15) is 0 Å². The maximum Gasteiger partial charge on any atom is 0.157 e. The molecule has 3 nitrogen and oxygen atoms in total. The van der Waals surface area contributed by atoms with E-state index in [0.717, 1.165) is 17.5 Å². The third kappa shape index (κ3) is 3.55. The van der Waals surface area contributed by atoms with Crippen molar-refractivity contribution < 1.29 is 0 Å². The molecule has 0 amide bonds. The number of hydrogen-bond acceptors (Lipinski definition) is 4. The molecule has 0 saturated carbocycles. The Morgan fingerprint density at radius 3 is 2.80 bits per heavy atom. The molecule has 20 heavy (non-hydrogen) atoms. The summed E-state index contributed by atoms with van der Waals surface area (Å²) in [6.45, 7) is 5.92. The minimum atomic E-state index is 0.322. The van der Waals surface area contributed by atoms with Gasteiger partial charge in [0.25, 0.3) is 0 Å². The van der Waals surface area contributed by atoms with Crippen molar-refractivity contribution in [3.05, 3.63) is 35.9 Å². The Hall–Kier alpha value is -1.00. The Morgan fingerprint density at radius 1 is 1.30 bits per heavy atom. The third-order valence-corrected chi connectivity index (χ3v) is 4.92. The highest BCUT2D eigenvalue weighted by atomic mass is 32.2. The Balaban J connectivity index is 1.53. The molecule has 0 aliphatic carbocycles. The van der Waals surface area contributed by atoms with E-state index in [4.69, 9.17) is 4.99 Å². The van der Waals surface area contributed by atoms with E-state index in [0.29, 0.717) is 12.1 Å². The zero-order valence-corrected chi connectivity index (χ0v) is 12.9. The average Bonchev–Trinajstić information content (AvgIpc) is 3.11. The van der Waals surface area contributed by atoms with Crippen LogP contribution in [0.4, 0.5) is 0 Å². The van der Waals surface area contributed by atoms with Gasteiger partial charge in [-0.3, -0.25) is 4.99 Å². The van der Waals surface area contributed by atoms with E-state index in [1.807, 2.05) is 11.8 Å². The molecule has 108 valence electrons. The predicted molar refractivity (Wildman–Crippen MR) is 87.3 cm³/mol. The van der Waals surface area contributed by atoms with E-state index < -0.39 is 0 Å². The molecule has 2 unspecified atom stereocenters. The van der Waals surface area contributed by atoms with Gasteiger partial charge < -0.3 is 10.2 Å². The summed E-state index contributed by atoms with van der Waals surface area (Å²) in [5.41, 5.74) is 1.32. The number of hydrogen-bond donors (Lipinski definition) is 1. The summed E-state index contributed by atoms with van der Waals surface area (Å²) in [6, 6.07) is 11.4. The monoisotopic (exact) mass is 289 g/mol. The number of rotatable bonds is 4. The summed E-state index contributed by atoms with van der Waals surface area (Å²) in [5.74, 6) is 1.06. The molecule has 1 aromatic carbocycles. The van der Waals surface area contributed by atoms with E-state index in [2.05, 4.69) is 47.5 Å². The lowest BCUT2D eigenvalue weighted by Crippen LogP contribution is -2.39. The summed E-state index contributed by atoms with van der Waals surface area (Å²) in [5, 5.41) is 4.69. The Kier molecular flexibility index (Phi) is 4.63. The van der Waals surface area contributed by atoms with Crippen LogP contribution in [-0.4, -0.2) is 41.5 Å². The molecule has 4 heteroatoms. The molecular weight excluding hydrogens is 266 g/mol. The van der Waals surface area contributed by atoms with Crippen molar-refractivity contribution in [1.29, 1.82) is 0 Å². The second-order valence-electron chi connectivity index (χ2n) is 5.72. The van der Waals surface area contributed by atoms with Crippen molar-refractivity contribution in [1.82, 2.24) is 10.2 Å². The zero-order chi connectivity index (χ0) is 13.8. The van der Waals surface area contributed by atoms with Crippen LogP contribution in [0.1, 0.15) is 31.4 Å². The SMILES string of the molecule is CC(CN1CCCC1)NC1=NC(c2ccccc2)CS1. The van der Waals surface area contributed by atoms with Gasteiger partial charge in [0.2, 0.25) is 0 Å². The molecule has 0 spiro atoms. The Morgan fingerprint density at radius 2 is 2.05 bits per heavy atom. The van der Waals surface area contributed by atoms with Gasteiger partial charge in [-0.15, -0.1) is 0 Å². The van der Waals surface area contributed by atoms with Gasteiger partial charge in [0, 0.05) is 18.3 Å². The molecule has 1 aromatic rings. The molecule has 2 aliphatic heterocycles. The molecular formula is C16H23N3S. The van der Waals surface area contributed by atoms with Crippen LogP contribution in [0.25, 0.3) is 0 Å². The highest BCUT2D eigenvalue weighted by Gasteiger charge is 2.21. The van der Waals surface area contributed by atoms with Gasteiger partial charge in [0.05, 0.1) is 6.04 Å². The largest absolute Gasteiger partial charge is 0.361 e. The van der Waals surface area contributed by atoms with Gasteiger partial charge in [-0.05, 0) is 38.4 Å². The molecule has 1 N–H and O–H groups in total. The summed E-state index contributed by atoms with van der Waals surface area (Å²) < 4.78 is 0. The summed E-state index contributed by atoms with van der Waals surface area (Å²) in [7, 11) is 0. The van der Waals surface area contributed by atoms with Gasteiger partial charge in [-0.2, -0.15) is 0 Å². The highest BCUT2D eigenvalue weighted by Crippen LogP contribution is 2.29. The van der Waals surface area contributed by atoms with E-state index in [1.165, 1.54) is 31.5 Å². The van der Waals surface area contributed by atoms with Crippen LogP contribution in [0, 0.1) is 0 Å². The second-order valence-corrected chi connectivity index (χ2v) is 6.73. The molecule has 0 aromatic heterocycles. The molecule has 2 atom stereocenters. The number of nitrogens with zero attached hydrogens (tertiary/aromatic N) is 2. The predicted octanol–water partition coefficient (Wildman–Crippen LogP) is 2.90. The standard InChI is InChI=1S/C16H23N3S/c1-13(11-19-9-5-6-10-19)17-16-18-15(12-20-16)14-7-3-2-4-8-14/h2-4,7-8,13,15H,5-6,9-12H2,1H3,(H,17,18). The van der Waals surface area contributed by atoms with Crippen molar-refractivity contribution in [3.63, 3.8) is 0 Å². The van der Waals surface area contributed by atoms with Gasteiger partial charge >= 0.3 is 0 Å². The number of nitrogens with one attached hydrogen (secondary N) is 1. The first-order valence-corrected chi connectivity index (χ1v) is 8.54. The quantitative estimate of drug-likeness (QED) is 0.923. The van der Waals surface area contributed by atoms with E-state index in [1.54, 1.807) is 0 Å². The fourth-order valence-electron chi connectivity index (χ4n) is 2.91. The summed E-state index contributed by atoms with van der Waals surface area (Å²) in [4.78, 5) is 7.37. The van der Waals surface area contributed by atoms with Gasteiger partial charge in [0.15, 0.2) is 5.17 Å². The molecule has 2 aliphatic rings. The smallest absolute Gasteiger partial charge is 0.157 e. The number of thioether (sulfide) groups is 1. The normalized spacial score (nSPS) is 24.6. The van der Waals surface area contributed by atoms with Crippen molar-refractivity contribution >= 4 is 16.9 Å². The van der Waals surface area contributed by atoms with Crippen LogP contribution < -0.4 is 5.32 Å². The lowest BCUT2D eigenvalue weighted by Gasteiger charge is -2.21. The van der Waals surface area contributed by atoms with Crippen molar-refractivity contribution in [3.8, 4) is 0 Å². The van der Waals surface area contributed by atoms with E-state index in [9.17, 15) is 0 Å². The molecule has 3 rings (SSSR count). The fourth-order valence-corrected chi connectivity index (χ4v) is 3.98. The topological polar surface area (TPSA) is 27.6 Å². The second kappa shape index (κ2) is 6.64.